The van der Waals surface area contributed by atoms with Gasteiger partial charge in [-0.15, -0.1) is 11.3 Å². The van der Waals surface area contributed by atoms with E-state index in [4.69, 9.17) is 9.73 Å². The largest absolute Gasteiger partial charge is 0.493 e. The molecular weight excluding hydrogens is 406 g/mol. The van der Waals surface area contributed by atoms with Gasteiger partial charge in [0.05, 0.1) is 17.3 Å². The number of guanidine groups is 1. The van der Waals surface area contributed by atoms with E-state index in [9.17, 15) is 0 Å². The van der Waals surface area contributed by atoms with Crippen molar-refractivity contribution in [1.29, 1.82) is 0 Å². The number of nitrogens with zero attached hydrogens (tertiary/aromatic N) is 3. The fraction of sp³-hybridized carbons (Fsp3) is 0.583. The molecule has 0 aliphatic carbocycles. The maximum atomic E-state index is 5.60. The van der Waals surface area contributed by atoms with E-state index in [1.165, 1.54) is 29.7 Å². The predicted molar refractivity (Wildman–Crippen MR) is 128 cm³/mol. The van der Waals surface area contributed by atoms with Crippen molar-refractivity contribution in [3.63, 3.8) is 0 Å². The number of piperidine rings is 1. The van der Waals surface area contributed by atoms with Gasteiger partial charge in [0.15, 0.2) is 5.96 Å². The third-order valence-electron chi connectivity index (χ3n) is 6.07. The van der Waals surface area contributed by atoms with Gasteiger partial charge in [0.1, 0.15) is 5.75 Å². The van der Waals surface area contributed by atoms with E-state index in [1.807, 2.05) is 0 Å². The average molecular weight is 442 g/mol. The maximum Gasteiger partial charge on any atom is 0.191 e. The lowest BCUT2D eigenvalue weighted by Gasteiger charge is -2.30. The number of aromatic nitrogens is 1. The van der Waals surface area contributed by atoms with Crippen molar-refractivity contribution in [3.8, 4) is 5.75 Å². The second-order valence-electron chi connectivity index (χ2n) is 8.51. The summed E-state index contributed by atoms with van der Waals surface area (Å²) in [5, 5.41) is 10.3. The Hall–Kier alpha value is -2.12. The van der Waals surface area contributed by atoms with Crippen LogP contribution in [0.4, 0.5) is 0 Å². The summed E-state index contributed by atoms with van der Waals surface area (Å²) in [4.78, 5) is 12.0. The summed E-state index contributed by atoms with van der Waals surface area (Å²) in [6.07, 6.45) is 4.45. The van der Waals surface area contributed by atoms with Crippen molar-refractivity contribution in [2.45, 2.75) is 46.1 Å². The molecule has 31 heavy (non-hydrogen) atoms. The number of ether oxygens (including phenoxy) is 1. The van der Waals surface area contributed by atoms with Gasteiger partial charge in [0.25, 0.3) is 0 Å². The van der Waals surface area contributed by atoms with Crippen LogP contribution in [0.25, 0.3) is 0 Å². The Morgan fingerprint density at radius 3 is 2.94 bits per heavy atom. The van der Waals surface area contributed by atoms with E-state index >= 15 is 0 Å². The van der Waals surface area contributed by atoms with Gasteiger partial charge in [-0.1, -0.05) is 12.1 Å². The van der Waals surface area contributed by atoms with Crippen LogP contribution >= 0.6 is 11.3 Å². The molecule has 4 rings (SSSR count). The Morgan fingerprint density at radius 1 is 1.29 bits per heavy atom. The first-order chi connectivity index (χ1) is 15.2. The van der Waals surface area contributed by atoms with Crippen molar-refractivity contribution in [2.24, 2.45) is 10.9 Å². The number of fused-ring (bicyclic) bond motifs is 1. The van der Waals surface area contributed by atoms with Crippen LogP contribution in [0.3, 0.4) is 0 Å². The van der Waals surface area contributed by atoms with Crippen LogP contribution in [-0.4, -0.2) is 55.2 Å². The van der Waals surface area contributed by atoms with Crippen LogP contribution in [0, 0.1) is 12.8 Å². The molecular formula is C24H35N5OS. The van der Waals surface area contributed by atoms with E-state index in [2.05, 4.69) is 57.9 Å². The molecule has 0 radical (unpaired) electrons. The minimum absolute atomic E-state index is 0.667. The summed E-state index contributed by atoms with van der Waals surface area (Å²) in [6, 6.07) is 6.57. The lowest BCUT2D eigenvalue weighted by atomic mass is 9.97. The highest BCUT2D eigenvalue weighted by atomic mass is 32.1. The summed E-state index contributed by atoms with van der Waals surface area (Å²) >= 11 is 1.74. The topological polar surface area (TPSA) is 61.8 Å². The van der Waals surface area contributed by atoms with Crippen LogP contribution < -0.4 is 15.4 Å². The van der Waals surface area contributed by atoms with E-state index in [1.54, 1.807) is 11.3 Å². The van der Waals surface area contributed by atoms with Crippen molar-refractivity contribution >= 4 is 17.3 Å². The van der Waals surface area contributed by atoms with Crippen molar-refractivity contribution in [2.75, 3.05) is 39.3 Å². The number of benzene rings is 1. The molecule has 2 aliphatic rings. The molecule has 1 aromatic heterocycles. The molecule has 0 unspecified atom stereocenters. The lowest BCUT2D eigenvalue weighted by molar-refractivity contribution is 0.179. The van der Waals surface area contributed by atoms with Gasteiger partial charge in [0, 0.05) is 38.0 Å². The normalized spacial score (nSPS) is 17.4. The Labute approximate surface area is 190 Å². The molecule has 1 aromatic carbocycles. The second-order valence-corrected chi connectivity index (χ2v) is 9.58. The molecule has 0 amide bonds. The quantitative estimate of drug-likeness (QED) is 0.486. The van der Waals surface area contributed by atoms with Crippen molar-refractivity contribution in [1.82, 2.24) is 20.5 Å². The Kier molecular flexibility index (Phi) is 7.81. The molecule has 7 heteroatoms. The third-order valence-corrected chi connectivity index (χ3v) is 6.89. The summed E-state index contributed by atoms with van der Waals surface area (Å²) in [6.45, 7) is 11.0. The molecule has 6 nitrogen and oxygen atoms in total. The molecule has 0 bridgehead atoms. The zero-order valence-electron chi connectivity index (χ0n) is 18.8. The van der Waals surface area contributed by atoms with Gasteiger partial charge < -0.3 is 15.4 Å². The number of aryl methyl sites for hydroxylation is 1. The number of thiazole rings is 1. The van der Waals surface area contributed by atoms with Crippen molar-refractivity contribution < 1.29 is 4.74 Å². The van der Waals surface area contributed by atoms with E-state index in [-0.39, 0.29) is 0 Å². The summed E-state index contributed by atoms with van der Waals surface area (Å²) in [5.74, 6) is 2.66. The minimum atomic E-state index is 0.667. The molecule has 2 aromatic rings. The van der Waals surface area contributed by atoms with E-state index in [0.717, 1.165) is 75.4 Å². The maximum absolute atomic E-state index is 5.60. The van der Waals surface area contributed by atoms with Crippen LogP contribution in [0.15, 0.2) is 28.6 Å². The fourth-order valence-electron chi connectivity index (χ4n) is 4.32. The molecule has 168 valence electrons. The number of likely N-dealkylation sites (tertiary alicyclic amines) is 1. The van der Waals surface area contributed by atoms with Crippen molar-refractivity contribution in [3.05, 3.63) is 45.4 Å². The van der Waals surface area contributed by atoms with E-state index < -0.39 is 0 Å². The summed E-state index contributed by atoms with van der Waals surface area (Å²) < 4.78 is 5.60. The number of nitrogens with one attached hydrogen (secondary N) is 2. The molecule has 1 fully saturated rings. The van der Waals surface area contributed by atoms with Crippen LogP contribution in [0.2, 0.25) is 0 Å². The predicted octanol–water partition coefficient (Wildman–Crippen LogP) is 3.40. The Morgan fingerprint density at radius 2 is 2.16 bits per heavy atom. The van der Waals surface area contributed by atoms with Gasteiger partial charge in [-0.25, -0.2) is 4.98 Å². The van der Waals surface area contributed by atoms with Gasteiger partial charge in [-0.2, -0.15) is 0 Å². The fourth-order valence-corrected chi connectivity index (χ4v) is 4.92. The number of hydrogen-bond acceptors (Lipinski definition) is 5. The number of hydrogen-bond donors (Lipinski definition) is 2. The monoisotopic (exact) mass is 441 g/mol. The zero-order valence-corrected chi connectivity index (χ0v) is 19.6. The highest BCUT2D eigenvalue weighted by Gasteiger charge is 2.20. The van der Waals surface area contributed by atoms with Crippen LogP contribution in [0.5, 0.6) is 5.75 Å². The molecule has 2 aliphatic heterocycles. The molecule has 0 atom stereocenters. The van der Waals surface area contributed by atoms with Crippen LogP contribution in [-0.2, 0) is 19.4 Å². The molecule has 0 saturated carbocycles. The zero-order chi connectivity index (χ0) is 21.5. The molecule has 0 spiro atoms. The first-order valence-corrected chi connectivity index (χ1v) is 12.5. The average Bonchev–Trinajstić information content (AvgIpc) is 3.41. The highest BCUT2D eigenvalue weighted by molar-refractivity contribution is 7.09. The smallest absolute Gasteiger partial charge is 0.191 e. The van der Waals surface area contributed by atoms with Gasteiger partial charge >= 0.3 is 0 Å². The standard InChI is InChI=1S/C24H35N5OS/c1-3-25-24(26-10-6-19-4-5-23-21(14-19)9-13-30-23)27-15-20-7-11-29(12-8-20)16-22-17-31-18(2)28-22/h4-5,14,17,20H,3,6-13,15-16H2,1-2H3,(H2,25,26,27). The third kappa shape index (κ3) is 6.43. The first-order valence-electron chi connectivity index (χ1n) is 11.6. The summed E-state index contributed by atoms with van der Waals surface area (Å²) in [5.41, 5.74) is 3.91. The van der Waals surface area contributed by atoms with Gasteiger partial charge in [0.2, 0.25) is 0 Å². The number of rotatable bonds is 8. The molecule has 3 heterocycles. The van der Waals surface area contributed by atoms with Gasteiger partial charge in [-0.05, 0) is 69.3 Å². The van der Waals surface area contributed by atoms with Crippen LogP contribution in [0.1, 0.15) is 41.6 Å². The SMILES string of the molecule is CCNC(=NCC1CCN(Cc2csc(C)n2)CC1)NCCc1ccc2c(c1)CCO2. The molecule has 1 saturated heterocycles. The van der Waals surface area contributed by atoms with Gasteiger partial charge in [-0.3, -0.25) is 9.89 Å². The number of aliphatic imine (C=N–C) groups is 1. The lowest BCUT2D eigenvalue weighted by Crippen LogP contribution is -2.39. The summed E-state index contributed by atoms with van der Waals surface area (Å²) in [7, 11) is 0. The Balaban J connectivity index is 1.20. The second kappa shape index (κ2) is 11.0. The molecule has 2 N–H and O–H groups in total. The minimum Gasteiger partial charge on any atom is -0.493 e. The Bertz CT molecular complexity index is 873. The highest BCUT2D eigenvalue weighted by Crippen LogP contribution is 2.26. The van der Waals surface area contributed by atoms with E-state index in [0.29, 0.717) is 5.92 Å². The first kappa shape index (κ1) is 22.1.